The van der Waals surface area contributed by atoms with Crippen LogP contribution in [0.25, 0.3) is 0 Å². The maximum atomic E-state index is 12.1. The molecule has 5 nitrogen and oxygen atoms in total. The summed E-state index contributed by atoms with van der Waals surface area (Å²) in [6, 6.07) is 2.03. The van der Waals surface area contributed by atoms with Gasteiger partial charge in [0, 0.05) is 31.6 Å². The van der Waals surface area contributed by atoms with Gasteiger partial charge in [-0.2, -0.15) is 0 Å². The molecule has 0 aromatic carbocycles. The van der Waals surface area contributed by atoms with Crippen LogP contribution in [0.1, 0.15) is 63.3 Å². The second kappa shape index (κ2) is 8.75. The molecule has 2 heterocycles. The molecule has 0 spiro atoms. The van der Waals surface area contributed by atoms with E-state index in [1.807, 2.05) is 6.07 Å². The molecule has 25 heavy (non-hydrogen) atoms. The van der Waals surface area contributed by atoms with E-state index in [1.165, 1.54) is 19.5 Å². The Bertz CT molecular complexity index is 547. The highest BCUT2D eigenvalue weighted by molar-refractivity contribution is 5.74. The predicted octanol–water partition coefficient (Wildman–Crippen LogP) is 3.71. The minimum atomic E-state index is -0.0562. The third-order valence-corrected chi connectivity index (χ3v) is 5.49. The topological polar surface area (TPSA) is 57.5 Å². The first kappa shape index (κ1) is 18.3. The second-order valence-electron chi connectivity index (χ2n) is 8.06. The van der Waals surface area contributed by atoms with Gasteiger partial charge in [0.1, 0.15) is 5.76 Å². The molecule has 3 unspecified atom stereocenters. The van der Waals surface area contributed by atoms with Crippen molar-refractivity contribution in [1.82, 2.24) is 15.5 Å². The van der Waals surface area contributed by atoms with Crippen LogP contribution in [-0.2, 0) is 6.42 Å². The average Bonchev–Trinajstić information content (AvgIpc) is 3.03. The quantitative estimate of drug-likeness (QED) is 0.771. The molecule has 0 radical (unpaired) electrons. The van der Waals surface area contributed by atoms with Crippen molar-refractivity contribution in [3.63, 3.8) is 0 Å². The Hall–Kier alpha value is -1.49. The molecule has 2 N–H and O–H groups in total. The van der Waals surface area contributed by atoms with Crippen molar-refractivity contribution in [3.8, 4) is 0 Å². The van der Waals surface area contributed by atoms with Gasteiger partial charge in [-0.25, -0.2) is 4.79 Å². The van der Waals surface area contributed by atoms with Crippen molar-refractivity contribution in [2.75, 3.05) is 26.2 Å². The zero-order valence-corrected chi connectivity index (χ0v) is 15.7. The molecule has 0 bridgehead atoms. The van der Waals surface area contributed by atoms with E-state index in [0.29, 0.717) is 0 Å². The number of nitrogens with zero attached hydrogens (tertiary/aromatic N) is 1. The number of amides is 2. The van der Waals surface area contributed by atoms with E-state index >= 15 is 0 Å². The summed E-state index contributed by atoms with van der Waals surface area (Å²) in [6.45, 7) is 9.06. The molecule has 2 aliphatic rings. The minimum absolute atomic E-state index is 0.0562. The number of nitrogens with one attached hydrogen (secondary N) is 2. The van der Waals surface area contributed by atoms with Gasteiger partial charge < -0.3 is 20.0 Å². The van der Waals surface area contributed by atoms with Gasteiger partial charge in [-0.3, -0.25) is 0 Å². The van der Waals surface area contributed by atoms with E-state index in [9.17, 15) is 4.79 Å². The number of hydrogen-bond donors (Lipinski definition) is 2. The van der Waals surface area contributed by atoms with Crippen molar-refractivity contribution in [1.29, 1.82) is 0 Å². The molecule has 1 fully saturated rings. The number of piperidine rings is 1. The van der Waals surface area contributed by atoms with Gasteiger partial charge in [0.15, 0.2) is 0 Å². The fraction of sp³-hybridized carbons (Fsp3) is 0.750. The summed E-state index contributed by atoms with van der Waals surface area (Å²) in [6.07, 6.45) is 8.31. The SMILES string of the molecule is CC1CC(C)CN(CCCCNC(=O)NC2CCCc3occc32)C1. The van der Waals surface area contributed by atoms with E-state index < -0.39 is 0 Å². The van der Waals surface area contributed by atoms with E-state index in [4.69, 9.17) is 4.42 Å². The average molecular weight is 348 g/mol. The molecule has 140 valence electrons. The molecule has 1 aromatic heterocycles. The van der Waals surface area contributed by atoms with Crippen LogP contribution in [0.4, 0.5) is 4.79 Å². The minimum Gasteiger partial charge on any atom is -0.469 e. The summed E-state index contributed by atoms with van der Waals surface area (Å²) in [5.74, 6) is 2.66. The van der Waals surface area contributed by atoms with Crippen molar-refractivity contribution in [3.05, 3.63) is 23.7 Å². The first-order chi connectivity index (χ1) is 12.1. The fourth-order valence-electron chi connectivity index (χ4n) is 4.48. The maximum Gasteiger partial charge on any atom is 0.315 e. The van der Waals surface area contributed by atoms with Crippen molar-refractivity contribution >= 4 is 6.03 Å². The third-order valence-electron chi connectivity index (χ3n) is 5.49. The van der Waals surface area contributed by atoms with Crippen LogP contribution in [0.15, 0.2) is 16.7 Å². The zero-order chi connectivity index (χ0) is 17.6. The van der Waals surface area contributed by atoms with Crippen LogP contribution in [0.5, 0.6) is 0 Å². The summed E-state index contributed by atoms with van der Waals surface area (Å²) < 4.78 is 5.48. The number of carbonyl (C=O) groups excluding carboxylic acids is 1. The Morgan fingerprint density at radius 3 is 2.88 bits per heavy atom. The lowest BCUT2D eigenvalue weighted by Crippen LogP contribution is -2.40. The number of rotatable bonds is 6. The zero-order valence-electron chi connectivity index (χ0n) is 15.7. The van der Waals surface area contributed by atoms with Gasteiger partial charge in [0.2, 0.25) is 0 Å². The molecular weight excluding hydrogens is 314 g/mol. The number of likely N-dealkylation sites (tertiary alicyclic amines) is 1. The highest BCUT2D eigenvalue weighted by atomic mass is 16.3. The Balaban J connectivity index is 1.30. The van der Waals surface area contributed by atoms with Gasteiger partial charge >= 0.3 is 6.03 Å². The molecule has 1 aliphatic carbocycles. The van der Waals surface area contributed by atoms with Gasteiger partial charge in [-0.05, 0) is 56.6 Å². The third kappa shape index (κ3) is 5.24. The standard InChI is InChI=1S/C20H33N3O2/c1-15-12-16(2)14-23(13-15)10-4-3-9-21-20(24)22-18-6-5-7-19-17(18)8-11-25-19/h8,11,15-16,18H,3-7,9-10,12-14H2,1-2H3,(H2,21,22,24). The summed E-state index contributed by atoms with van der Waals surface area (Å²) in [4.78, 5) is 14.7. The highest BCUT2D eigenvalue weighted by Crippen LogP contribution is 2.30. The van der Waals surface area contributed by atoms with Crippen LogP contribution >= 0.6 is 0 Å². The number of furan rings is 1. The predicted molar refractivity (Wildman–Crippen MR) is 99.5 cm³/mol. The summed E-state index contributed by atoms with van der Waals surface area (Å²) in [5.41, 5.74) is 1.15. The molecular formula is C20H33N3O2. The number of urea groups is 1. The first-order valence-corrected chi connectivity index (χ1v) is 9.95. The van der Waals surface area contributed by atoms with Crippen LogP contribution < -0.4 is 10.6 Å². The van der Waals surface area contributed by atoms with Gasteiger partial charge in [-0.1, -0.05) is 13.8 Å². The number of aryl methyl sites for hydroxylation is 1. The van der Waals surface area contributed by atoms with Crippen LogP contribution in [-0.4, -0.2) is 37.1 Å². The van der Waals surface area contributed by atoms with E-state index in [0.717, 1.165) is 68.4 Å². The molecule has 0 saturated carbocycles. The highest BCUT2D eigenvalue weighted by Gasteiger charge is 2.24. The lowest BCUT2D eigenvalue weighted by Gasteiger charge is -2.34. The largest absolute Gasteiger partial charge is 0.469 e. The molecule has 1 aliphatic heterocycles. The summed E-state index contributed by atoms with van der Waals surface area (Å²) >= 11 is 0. The lowest BCUT2D eigenvalue weighted by atomic mass is 9.92. The van der Waals surface area contributed by atoms with Crippen molar-refractivity contribution in [2.24, 2.45) is 11.8 Å². The first-order valence-electron chi connectivity index (χ1n) is 9.95. The van der Waals surface area contributed by atoms with Crippen LogP contribution in [0.2, 0.25) is 0 Å². The number of hydrogen-bond acceptors (Lipinski definition) is 3. The second-order valence-corrected chi connectivity index (χ2v) is 8.06. The Morgan fingerprint density at radius 2 is 2.08 bits per heavy atom. The number of unbranched alkanes of at least 4 members (excludes halogenated alkanes) is 1. The van der Waals surface area contributed by atoms with Gasteiger partial charge in [0.25, 0.3) is 0 Å². The van der Waals surface area contributed by atoms with E-state index in [-0.39, 0.29) is 12.1 Å². The van der Waals surface area contributed by atoms with Crippen LogP contribution in [0, 0.1) is 11.8 Å². The maximum absolute atomic E-state index is 12.1. The van der Waals surface area contributed by atoms with Crippen molar-refractivity contribution < 1.29 is 9.21 Å². The summed E-state index contributed by atoms with van der Waals surface area (Å²) in [7, 11) is 0. The molecule has 1 aromatic rings. The molecule has 3 atom stereocenters. The number of carbonyl (C=O) groups is 1. The molecule has 5 heteroatoms. The monoisotopic (exact) mass is 347 g/mol. The number of fused-ring (bicyclic) bond motifs is 1. The molecule has 3 rings (SSSR count). The lowest BCUT2D eigenvalue weighted by molar-refractivity contribution is 0.139. The van der Waals surface area contributed by atoms with Gasteiger partial charge in [-0.15, -0.1) is 0 Å². The van der Waals surface area contributed by atoms with E-state index in [1.54, 1.807) is 6.26 Å². The fourth-order valence-corrected chi connectivity index (χ4v) is 4.48. The normalized spacial score (nSPS) is 26.9. The molecule has 2 amide bonds. The van der Waals surface area contributed by atoms with Gasteiger partial charge in [0.05, 0.1) is 12.3 Å². The summed E-state index contributed by atoms with van der Waals surface area (Å²) in [5, 5.41) is 6.10. The van der Waals surface area contributed by atoms with Crippen molar-refractivity contribution in [2.45, 2.75) is 58.4 Å². The smallest absolute Gasteiger partial charge is 0.315 e. The van der Waals surface area contributed by atoms with Crippen LogP contribution in [0.3, 0.4) is 0 Å². The Morgan fingerprint density at radius 1 is 1.28 bits per heavy atom. The molecule has 1 saturated heterocycles. The Labute approximate surface area is 151 Å². The van der Waals surface area contributed by atoms with E-state index in [2.05, 4.69) is 29.4 Å². The Kier molecular flexibility index (Phi) is 6.40.